The molecule has 1 fully saturated rings. The Morgan fingerprint density at radius 1 is 1.24 bits per heavy atom. The van der Waals surface area contributed by atoms with Gasteiger partial charge >= 0.3 is 6.18 Å². The number of nitrogens with zero attached hydrogens (tertiary/aromatic N) is 1. The van der Waals surface area contributed by atoms with Crippen molar-refractivity contribution in [2.45, 2.75) is 65.1 Å². The molecule has 3 nitrogen and oxygen atoms in total. The van der Waals surface area contributed by atoms with Gasteiger partial charge in [0.05, 0.1) is 13.0 Å². The maximum Gasteiger partial charge on any atom is 0.390 e. The van der Waals surface area contributed by atoms with Crippen LogP contribution in [-0.4, -0.2) is 31.3 Å². The van der Waals surface area contributed by atoms with E-state index in [4.69, 9.17) is 0 Å². The van der Waals surface area contributed by atoms with Crippen LogP contribution in [0.15, 0.2) is 4.99 Å². The smallest absolute Gasteiger partial charge is 0.357 e. The number of rotatable bonds is 4. The molecule has 0 aromatic heterocycles. The summed E-state index contributed by atoms with van der Waals surface area (Å²) in [5.74, 6) is 0.501. The fourth-order valence-electron chi connectivity index (χ4n) is 2.35. The molecule has 0 heterocycles. The summed E-state index contributed by atoms with van der Waals surface area (Å²) in [5, 5.41) is 6.26. The van der Waals surface area contributed by atoms with E-state index in [0.29, 0.717) is 24.0 Å². The van der Waals surface area contributed by atoms with E-state index in [2.05, 4.69) is 29.5 Å². The molecule has 1 aliphatic rings. The second kappa shape index (κ2) is 9.05. The highest BCUT2D eigenvalue weighted by Gasteiger charge is 2.28. The van der Waals surface area contributed by atoms with Crippen LogP contribution in [0.1, 0.15) is 52.9 Å². The van der Waals surface area contributed by atoms with Crippen LogP contribution in [0.3, 0.4) is 0 Å². The van der Waals surface area contributed by atoms with Crippen LogP contribution in [0.4, 0.5) is 13.2 Å². The predicted molar refractivity (Wildman–Crippen MR) is 91.2 cm³/mol. The molecule has 0 aromatic carbocycles. The average molecular weight is 421 g/mol. The first kappa shape index (κ1) is 20.8. The van der Waals surface area contributed by atoms with E-state index in [1.54, 1.807) is 0 Å². The first-order valence-electron chi connectivity index (χ1n) is 7.33. The van der Waals surface area contributed by atoms with Crippen LogP contribution in [0, 0.1) is 5.41 Å². The van der Waals surface area contributed by atoms with Gasteiger partial charge in [-0.1, -0.05) is 13.8 Å². The SMILES string of the molecule is CCNC(=NCCC(F)(F)F)NC1CCC(C)(C)CC1.I. The van der Waals surface area contributed by atoms with E-state index in [1.807, 2.05) is 6.92 Å². The van der Waals surface area contributed by atoms with Gasteiger partial charge in [-0.2, -0.15) is 13.2 Å². The number of aliphatic imine (C=N–C) groups is 1. The highest BCUT2D eigenvalue weighted by Crippen LogP contribution is 2.34. The Hall–Kier alpha value is -0.210. The summed E-state index contributed by atoms with van der Waals surface area (Å²) in [6.45, 7) is 6.84. The average Bonchev–Trinajstić information content (AvgIpc) is 2.30. The summed E-state index contributed by atoms with van der Waals surface area (Å²) >= 11 is 0. The van der Waals surface area contributed by atoms with Crippen molar-refractivity contribution in [3.05, 3.63) is 0 Å². The quantitative estimate of drug-likeness (QED) is 0.408. The lowest BCUT2D eigenvalue weighted by molar-refractivity contribution is -0.132. The summed E-state index contributed by atoms with van der Waals surface area (Å²) in [4.78, 5) is 4.00. The van der Waals surface area contributed by atoms with Crippen molar-refractivity contribution in [2.24, 2.45) is 10.4 Å². The van der Waals surface area contributed by atoms with Gasteiger partial charge in [0, 0.05) is 12.6 Å². The molecule has 1 saturated carbocycles. The Balaban J connectivity index is 0.00000400. The maximum atomic E-state index is 12.1. The van der Waals surface area contributed by atoms with Gasteiger partial charge in [0.25, 0.3) is 0 Å². The van der Waals surface area contributed by atoms with Crippen molar-refractivity contribution in [2.75, 3.05) is 13.1 Å². The van der Waals surface area contributed by atoms with Crippen molar-refractivity contribution in [3.63, 3.8) is 0 Å². The fraction of sp³-hybridized carbons (Fsp3) is 0.929. The van der Waals surface area contributed by atoms with Crippen molar-refractivity contribution in [1.82, 2.24) is 10.6 Å². The van der Waals surface area contributed by atoms with Gasteiger partial charge in [-0.15, -0.1) is 24.0 Å². The lowest BCUT2D eigenvalue weighted by atomic mass is 9.75. The Morgan fingerprint density at radius 2 is 1.81 bits per heavy atom. The van der Waals surface area contributed by atoms with E-state index in [1.165, 1.54) is 0 Å². The van der Waals surface area contributed by atoms with Gasteiger partial charge in [-0.3, -0.25) is 4.99 Å². The third kappa shape index (κ3) is 9.42. The highest BCUT2D eigenvalue weighted by atomic mass is 127. The number of hydrogen-bond acceptors (Lipinski definition) is 1. The molecule has 126 valence electrons. The number of halogens is 4. The second-order valence-corrected chi connectivity index (χ2v) is 6.21. The van der Waals surface area contributed by atoms with Crippen molar-refractivity contribution >= 4 is 29.9 Å². The van der Waals surface area contributed by atoms with Crippen LogP contribution >= 0.6 is 24.0 Å². The molecule has 0 aliphatic heterocycles. The molecular weight excluding hydrogens is 394 g/mol. The zero-order valence-corrected chi connectivity index (χ0v) is 15.3. The van der Waals surface area contributed by atoms with E-state index >= 15 is 0 Å². The summed E-state index contributed by atoms with van der Waals surface area (Å²) in [5.41, 5.74) is 0.379. The molecule has 1 rings (SSSR count). The van der Waals surface area contributed by atoms with Gasteiger partial charge in [0.2, 0.25) is 0 Å². The third-order valence-corrected chi connectivity index (χ3v) is 3.69. The molecule has 0 amide bonds. The standard InChI is InChI=1S/C14H26F3N3.HI/c1-4-18-12(19-10-9-14(15,16)17)20-11-5-7-13(2,3)8-6-11;/h11H,4-10H2,1-3H3,(H2,18,19,20);1H. The number of guanidine groups is 1. The van der Waals surface area contributed by atoms with Gasteiger partial charge in [0.15, 0.2) is 5.96 Å². The second-order valence-electron chi connectivity index (χ2n) is 6.21. The lowest BCUT2D eigenvalue weighted by Gasteiger charge is -2.35. The minimum Gasteiger partial charge on any atom is -0.357 e. The molecule has 0 aromatic rings. The van der Waals surface area contributed by atoms with Crippen LogP contribution in [0.5, 0.6) is 0 Å². The third-order valence-electron chi connectivity index (χ3n) is 3.69. The normalized spacial score (nSPS) is 19.8. The Bertz CT molecular complexity index is 320. The molecule has 0 spiro atoms. The predicted octanol–water partition coefficient (Wildman–Crippen LogP) is 4.08. The molecule has 0 unspecified atom stereocenters. The maximum absolute atomic E-state index is 12.1. The van der Waals surface area contributed by atoms with Crippen LogP contribution in [0.2, 0.25) is 0 Å². The van der Waals surface area contributed by atoms with Crippen LogP contribution in [-0.2, 0) is 0 Å². The van der Waals surface area contributed by atoms with Crippen molar-refractivity contribution in [1.29, 1.82) is 0 Å². The van der Waals surface area contributed by atoms with Crippen LogP contribution in [0.25, 0.3) is 0 Å². The van der Waals surface area contributed by atoms with E-state index < -0.39 is 12.6 Å². The summed E-state index contributed by atoms with van der Waals surface area (Å²) in [6, 6.07) is 0.312. The Morgan fingerprint density at radius 3 is 2.29 bits per heavy atom. The largest absolute Gasteiger partial charge is 0.390 e. The molecule has 2 N–H and O–H groups in total. The van der Waals surface area contributed by atoms with Crippen molar-refractivity contribution < 1.29 is 13.2 Å². The van der Waals surface area contributed by atoms with E-state index in [0.717, 1.165) is 25.7 Å². The fourth-order valence-corrected chi connectivity index (χ4v) is 2.35. The zero-order chi connectivity index (χ0) is 15.2. The Labute approximate surface area is 142 Å². The monoisotopic (exact) mass is 421 g/mol. The van der Waals surface area contributed by atoms with Crippen LogP contribution < -0.4 is 10.6 Å². The van der Waals surface area contributed by atoms with E-state index in [-0.39, 0.29) is 30.5 Å². The van der Waals surface area contributed by atoms with Gasteiger partial charge < -0.3 is 10.6 Å². The van der Waals surface area contributed by atoms with Crippen molar-refractivity contribution in [3.8, 4) is 0 Å². The molecule has 0 atom stereocenters. The van der Waals surface area contributed by atoms with E-state index in [9.17, 15) is 13.2 Å². The molecular formula is C14H27F3IN3. The lowest BCUT2D eigenvalue weighted by Crippen LogP contribution is -2.45. The minimum atomic E-state index is -4.14. The first-order valence-corrected chi connectivity index (χ1v) is 7.33. The first-order chi connectivity index (χ1) is 9.22. The zero-order valence-electron chi connectivity index (χ0n) is 13.0. The molecule has 0 saturated heterocycles. The van der Waals surface area contributed by atoms with Gasteiger partial charge in [0.1, 0.15) is 0 Å². The molecule has 0 radical (unpaired) electrons. The minimum absolute atomic E-state index is 0. The topological polar surface area (TPSA) is 36.4 Å². The molecule has 21 heavy (non-hydrogen) atoms. The number of hydrogen-bond donors (Lipinski definition) is 2. The number of nitrogens with one attached hydrogen (secondary N) is 2. The summed E-state index contributed by atoms with van der Waals surface area (Å²) < 4.78 is 36.4. The Kier molecular flexibility index (Phi) is 8.96. The summed E-state index contributed by atoms with van der Waals surface area (Å²) in [6.07, 6.45) is -0.677. The number of alkyl halides is 3. The summed E-state index contributed by atoms with van der Waals surface area (Å²) in [7, 11) is 0. The molecule has 1 aliphatic carbocycles. The van der Waals surface area contributed by atoms with Gasteiger partial charge in [-0.05, 0) is 38.0 Å². The highest BCUT2D eigenvalue weighted by molar-refractivity contribution is 14.0. The molecule has 0 bridgehead atoms. The van der Waals surface area contributed by atoms with Gasteiger partial charge in [-0.25, -0.2) is 0 Å². The molecule has 7 heteroatoms.